The summed E-state index contributed by atoms with van der Waals surface area (Å²) in [4.78, 5) is 21.6. The van der Waals surface area contributed by atoms with E-state index in [4.69, 9.17) is 0 Å². The standard InChI is InChI=1S/C54H38N8/c1-5-13-43(14-6-1)59(49-33-55-37-56-34-49)47-25-21-39(22-26-47)51-29-41-31-54-42(32-53(41)61(51)45-17-9-3-10-18-45)30-52(62(54)46-19-11-4-12-20-46)40-23-27-48(28-24-40)60(44-15-7-2-8-16-44)50-35-57-38-58-36-50/h1-38H. The topological polar surface area (TPSA) is 67.9 Å². The minimum Gasteiger partial charge on any atom is -0.309 e. The molecule has 0 aliphatic heterocycles. The molecule has 0 fully saturated rings. The van der Waals surface area contributed by atoms with Crippen LogP contribution >= 0.6 is 0 Å². The van der Waals surface area contributed by atoms with Gasteiger partial charge in [0.25, 0.3) is 0 Å². The van der Waals surface area contributed by atoms with E-state index in [1.807, 2.05) is 61.2 Å². The average Bonchev–Trinajstić information content (AvgIpc) is 3.91. The van der Waals surface area contributed by atoms with Crippen LogP contribution < -0.4 is 9.80 Å². The molecule has 8 heteroatoms. The number of hydrogen-bond acceptors (Lipinski definition) is 6. The van der Waals surface area contributed by atoms with Crippen LogP contribution in [-0.4, -0.2) is 29.1 Å². The summed E-state index contributed by atoms with van der Waals surface area (Å²) in [5.74, 6) is 0. The molecule has 0 atom stereocenters. The fourth-order valence-electron chi connectivity index (χ4n) is 8.47. The Balaban J connectivity index is 1.04. The first-order valence-electron chi connectivity index (χ1n) is 20.5. The summed E-state index contributed by atoms with van der Waals surface area (Å²) in [5, 5.41) is 2.29. The minimum absolute atomic E-state index is 0.891. The summed E-state index contributed by atoms with van der Waals surface area (Å²) < 4.78 is 4.76. The van der Waals surface area contributed by atoms with E-state index in [0.29, 0.717) is 0 Å². The Morgan fingerprint density at radius 2 is 0.629 bits per heavy atom. The van der Waals surface area contributed by atoms with Gasteiger partial charge in [0.15, 0.2) is 0 Å². The van der Waals surface area contributed by atoms with E-state index < -0.39 is 0 Å². The van der Waals surface area contributed by atoms with Crippen LogP contribution in [0.2, 0.25) is 0 Å². The Hall–Kier alpha value is -8.62. The van der Waals surface area contributed by atoms with Crippen LogP contribution in [0.1, 0.15) is 0 Å². The summed E-state index contributed by atoms with van der Waals surface area (Å²) in [6, 6.07) is 68.7. The van der Waals surface area contributed by atoms with Gasteiger partial charge in [-0.1, -0.05) is 97.1 Å². The number of aromatic nitrogens is 6. The van der Waals surface area contributed by atoms with Crippen LogP contribution in [0.5, 0.6) is 0 Å². The maximum absolute atomic E-state index is 4.32. The van der Waals surface area contributed by atoms with Crippen LogP contribution in [-0.2, 0) is 0 Å². The lowest BCUT2D eigenvalue weighted by molar-refractivity contribution is 1.13. The van der Waals surface area contributed by atoms with Gasteiger partial charge in [-0.3, -0.25) is 0 Å². The molecule has 7 aromatic carbocycles. The van der Waals surface area contributed by atoms with Crippen molar-refractivity contribution >= 4 is 55.9 Å². The van der Waals surface area contributed by atoms with E-state index in [-0.39, 0.29) is 0 Å². The van der Waals surface area contributed by atoms with E-state index in [9.17, 15) is 0 Å². The van der Waals surface area contributed by atoms with Crippen molar-refractivity contribution < 1.29 is 0 Å². The van der Waals surface area contributed by atoms with Gasteiger partial charge >= 0.3 is 0 Å². The molecule has 0 aliphatic rings. The summed E-state index contributed by atoms with van der Waals surface area (Å²) in [6.45, 7) is 0. The Labute approximate surface area is 358 Å². The first-order chi connectivity index (χ1) is 30.8. The zero-order valence-corrected chi connectivity index (χ0v) is 33.5. The number of benzene rings is 7. The largest absolute Gasteiger partial charge is 0.309 e. The van der Waals surface area contributed by atoms with Gasteiger partial charge in [-0.2, -0.15) is 0 Å². The molecule has 11 aromatic rings. The van der Waals surface area contributed by atoms with Gasteiger partial charge in [-0.05, 0) is 108 Å². The van der Waals surface area contributed by atoms with Crippen molar-refractivity contribution in [3.05, 3.63) is 232 Å². The molecule has 11 rings (SSSR count). The second kappa shape index (κ2) is 15.9. The monoisotopic (exact) mass is 798 g/mol. The highest BCUT2D eigenvalue weighted by Gasteiger charge is 2.20. The molecule has 8 nitrogen and oxygen atoms in total. The Bertz CT molecular complexity index is 2940. The van der Waals surface area contributed by atoms with Crippen molar-refractivity contribution in [1.29, 1.82) is 0 Å². The third kappa shape index (κ3) is 6.71. The van der Waals surface area contributed by atoms with E-state index in [1.54, 1.807) is 12.7 Å². The zero-order valence-electron chi connectivity index (χ0n) is 33.5. The molecule has 0 amide bonds. The second-order valence-corrected chi connectivity index (χ2v) is 15.0. The first kappa shape index (κ1) is 36.5. The molecular weight excluding hydrogens is 761 g/mol. The van der Waals surface area contributed by atoms with Crippen LogP contribution in [0.15, 0.2) is 232 Å². The third-order valence-corrected chi connectivity index (χ3v) is 11.2. The van der Waals surface area contributed by atoms with E-state index in [1.165, 1.54) is 0 Å². The van der Waals surface area contributed by atoms with Crippen molar-refractivity contribution in [3.8, 4) is 33.9 Å². The fraction of sp³-hybridized carbons (Fsp3) is 0. The number of fused-ring (bicyclic) bond motifs is 2. The Kier molecular flexibility index (Phi) is 9.33. The molecule has 0 spiro atoms. The van der Waals surface area contributed by atoms with Crippen molar-refractivity contribution in [1.82, 2.24) is 29.1 Å². The third-order valence-electron chi connectivity index (χ3n) is 11.2. The second-order valence-electron chi connectivity index (χ2n) is 15.0. The average molecular weight is 799 g/mol. The summed E-state index contributed by atoms with van der Waals surface area (Å²) in [6.07, 6.45) is 10.5. The predicted molar refractivity (Wildman–Crippen MR) is 252 cm³/mol. The molecule has 0 bridgehead atoms. The highest BCUT2D eigenvalue weighted by Crippen LogP contribution is 2.41. The molecule has 0 aliphatic carbocycles. The van der Waals surface area contributed by atoms with Gasteiger partial charge in [-0.25, -0.2) is 19.9 Å². The molecule has 0 unspecified atom stereocenters. The number of anilines is 6. The van der Waals surface area contributed by atoms with Crippen molar-refractivity contribution in [3.63, 3.8) is 0 Å². The fourth-order valence-corrected chi connectivity index (χ4v) is 8.47. The number of rotatable bonds is 10. The van der Waals surface area contributed by atoms with Crippen molar-refractivity contribution in [2.45, 2.75) is 0 Å². The maximum atomic E-state index is 4.32. The summed E-state index contributed by atoms with van der Waals surface area (Å²) in [5.41, 5.74) is 14.8. The lowest BCUT2D eigenvalue weighted by Crippen LogP contribution is -2.10. The van der Waals surface area contributed by atoms with Gasteiger partial charge in [0.1, 0.15) is 12.7 Å². The van der Waals surface area contributed by atoms with Gasteiger partial charge < -0.3 is 18.9 Å². The quantitative estimate of drug-likeness (QED) is 0.137. The molecule has 0 radical (unpaired) electrons. The number of hydrogen-bond donors (Lipinski definition) is 0. The van der Waals surface area contributed by atoms with Crippen molar-refractivity contribution in [2.24, 2.45) is 0 Å². The normalized spacial score (nSPS) is 11.2. The van der Waals surface area contributed by atoms with Gasteiger partial charge in [0.05, 0.1) is 58.6 Å². The van der Waals surface area contributed by atoms with E-state index in [2.05, 4.69) is 197 Å². The molecule has 0 N–H and O–H groups in total. The van der Waals surface area contributed by atoms with E-state index in [0.717, 1.165) is 89.8 Å². The van der Waals surface area contributed by atoms with Crippen molar-refractivity contribution in [2.75, 3.05) is 9.80 Å². The highest BCUT2D eigenvalue weighted by atomic mass is 15.2. The molecule has 0 saturated heterocycles. The number of para-hydroxylation sites is 4. The van der Waals surface area contributed by atoms with Gasteiger partial charge in [-0.15, -0.1) is 0 Å². The smallest absolute Gasteiger partial charge is 0.115 e. The molecule has 0 saturated carbocycles. The maximum Gasteiger partial charge on any atom is 0.115 e. The molecule has 4 aromatic heterocycles. The molecular formula is C54H38N8. The van der Waals surface area contributed by atoms with Gasteiger partial charge in [0, 0.05) is 44.9 Å². The molecule has 4 heterocycles. The zero-order chi connectivity index (χ0) is 41.2. The molecule has 62 heavy (non-hydrogen) atoms. The first-order valence-corrected chi connectivity index (χ1v) is 20.5. The van der Waals surface area contributed by atoms with Gasteiger partial charge in [0.2, 0.25) is 0 Å². The van der Waals surface area contributed by atoms with Crippen LogP contribution in [0, 0.1) is 0 Å². The summed E-state index contributed by atoms with van der Waals surface area (Å²) >= 11 is 0. The summed E-state index contributed by atoms with van der Waals surface area (Å²) in [7, 11) is 0. The molecule has 294 valence electrons. The van der Waals surface area contributed by atoms with Crippen LogP contribution in [0.4, 0.5) is 34.1 Å². The lowest BCUT2D eigenvalue weighted by atomic mass is 10.1. The lowest BCUT2D eigenvalue weighted by Gasteiger charge is -2.24. The Morgan fingerprint density at radius 1 is 0.306 bits per heavy atom. The van der Waals surface area contributed by atoms with Crippen LogP contribution in [0.3, 0.4) is 0 Å². The Morgan fingerprint density at radius 3 is 0.984 bits per heavy atom. The highest BCUT2D eigenvalue weighted by molar-refractivity contribution is 6.02. The predicted octanol–water partition coefficient (Wildman–Crippen LogP) is 13.4. The SMILES string of the molecule is c1ccc(N(c2ccc(-c3cc4cc5c(cc(-c6ccc(N(c7ccccc7)c7cncnc7)cc6)n5-c5ccccc5)cc4n3-c3ccccc3)cc2)c2cncnc2)cc1. The number of nitrogens with zero attached hydrogens (tertiary/aromatic N) is 8. The minimum atomic E-state index is 0.891. The van der Waals surface area contributed by atoms with E-state index >= 15 is 0 Å². The van der Waals surface area contributed by atoms with Crippen LogP contribution in [0.25, 0.3) is 55.7 Å².